The molecule has 4 fully saturated rings. The Morgan fingerprint density at radius 3 is 1.42 bits per heavy atom. The second-order valence-electron chi connectivity index (χ2n) is 15.1. The van der Waals surface area contributed by atoms with Gasteiger partial charge in [-0.1, -0.05) is 0 Å². The molecule has 6 amide bonds. The highest BCUT2D eigenvalue weighted by Crippen LogP contribution is 2.31. The molecule has 14 heteroatoms. The number of aromatic nitrogens is 1. The van der Waals surface area contributed by atoms with Gasteiger partial charge in [0.2, 0.25) is 41.3 Å². The Hall–Kier alpha value is -5.53. The summed E-state index contributed by atoms with van der Waals surface area (Å²) in [6.07, 6.45) is 6.87. The molecular weight excluding hydrogens is 702 g/mol. The minimum absolute atomic E-state index is 0.000571. The number of oxazole rings is 1. The molecule has 4 aliphatic heterocycles. The van der Waals surface area contributed by atoms with E-state index in [4.69, 9.17) is 4.42 Å². The number of carbonyl (C=O) groups excluding carboxylic acids is 6. The summed E-state index contributed by atoms with van der Waals surface area (Å²) in [6, 6.07) is 13.4. The van der Waals surface area contributed by atoms with Gasteiger partial charge in [-0.15, -0.1) is 0 Å². The molecule has 0 unspecified atom stereocenters. The number of rotatable bonds is 8. The lowest BCUT2D eigenvalue weighted by Gasteiger charge is -2.34. The summed E-state index contributed by atoms with van der Waals surface area (Å²) >= 11 is 0. The van der Waals surface area contributed by atoms with Gasteiger partial charge in [0.05, 0.1) is 6.20 Å². The number of nitrogens with zero attached hydrogens (tertiary/aromatic N) is 5. The van der Waals surface area contributed by atoms with Crippen molar-refractivity contribution in [2.24, 2.45) is 11.8 Å². The van der Waals surface area contributed by atoms with Gasteiger partial charge in [-0.05, 0) is 99.9 Å². The summed E-state index contributed by atoms with van der Waals surface area (Å²) < 4.78 is 6.08. The molecule has 0 saturated carbocycles. The van der Waals surface area contributed by atoms with E-state index >= 15 is 0 Å². The highest BCUT2D eigenvalue weighted by molar-refractivity contribution is 5.99. The fourth-order valence-electron chi connectivity index (χ4n) is 8.36. The Balaban J connectivity index is 0.907. The first kappa shape index (κ1) is 37.8. The van der Waals surface area contributed by atoms with Crippen molar-refractivity contribution in [2.75, 3.05) is 49.9 Å². The van der Waals surface area contributed by atoms with Gasteiger partial charge in [-0.25, -0.2) is 4.98 Å². The molecular formula is C41H49N7O7. The van der Waals surface area contributed by atoms with Gasteiger partial charge in [0, 0.05) is 87.5 Å². The summed E-state index contributed by atoms with van der Waals surface area (Å²) in [7, 11) is 0. The van der Waals surface area contributed by atoms with Crippen LogP contribution in [0.2, 0.25) is 0 Å². The van der Waals surface area contributed by atoms with Gasteiger partial charge in [0.1, 0.15) is 12.1 Å². The maximum Gasteiger partial charge on any atom is 0.247 e. The summed E-state index contributed by atoms with van der Waals surface area (Å²) in [5.74, 6) is 0.240. The molecule has 2 aromatic carbocycles. The van der Waals surface area contributed by atoms with Crippen molar-refractivity contribution in [3.63, 3.8) is 0 Å². The van der Waals surface area contributed by atoms with Crippen LogP contribution in [0.1, 0.15) is 65.2 Å². The van der Waals surface area contributed by atoms with Crippen LogP contribution in [0.5, 0.6) is 0 Å². The van der Waals surface area contributed by atoms with E-state index in [-0.39, 0.29) is 47.3 Å². The SMILES string of the molecule is CC(=O)N1CCC(C(=O)N2CCC[C@H]2C(=O)Nc2ccc(-c3cnc(-c4ccc(NC(=O)[C@@H]5CCCN5C(=O)C5CCN(C(C)=O)CC5)cc4)o3)cc2)CC1. The Morgan fingerprint density at radius 1 is 0.582 bits per heavy atom. The van der Waals surface area contributed by atoms with Gasteiger partial charge >= 0.3 is 0 Å². The van der Waals surface area contributed by atoms with E-state index in [1.807, 2.05) is 24.3 Å². The number of hydrogen-bond acceptors (Lipinski definition) is 8. The summed E-state index contributed by atoms with van der Waals surface area (Å²) in [6.45, 7) is 6.47. The predicted octanol–water partition coefficient (Wildman–Crippen LogP) is 4.38. The maximum atomic E-state index is 13.3. The quantitative estimate of drug-likeness (QED) is 0.342. The topological polar surface area (TPSA) is 165 Å². The molecule has 0 radical (unpaired) electrons. The van der Waals surface area contributed by atoms with Crippen LogP contribution in [0.15, 0.2) is 59.1 Å². The summed E-state index contributed by atoms with van der Waals surface area (Å²) in [5, 5.41) is 5.94. The van der Waals surface area contributed by atoms with Crippen molar-refractivity contribution in [1.29, 1.82) is 0 Å². The lowest BCUT2D eigenvalue weighted by atomic mass is 9.95. The van der Waals surface area contributed by atoms with Crippen molar-refractivity contribution in [2.45, 2.75) is 77.3 Å². The largest absolute Gasteiger partial charge is 0.436 e. The highest BCUT2D eigenvalue weighted by atomic mass is 16.4. The molecule has 5 heterocycles. The van der Waals surface area contributed by atoms with E-state index in [0.29, 0.717) is 101 Å². The van der Waals surface area contributed by atoms with Crippen molar-refractivity contribution in [3.8, 4) is 22.8 Å². The van der Waals surface area contributed by atoms with Crippen LogP contribution in [0.3, 0.4) is 0 Å². The smallest absolute Gasteiger partial charge is 0.247 e. The monoisotopic (exact) mass is 751 g/mol. The van der Waals surface area contributed by atoms with Gasteiger partial charge in [0.25, 0.3) is 0 Å². The van der Waals surface area contributed by atoms with Gasteiger partial charge in [-0.2, -0.15) is 0 Å². The first-order valence-electron chi connectivity index (χ1n) is 19.5. The lowest BCUT2D eigenvalue weighted by molar-refractivity contribution is -0.143. The van der Waals surface area contributed by atoms with Crippen LogP contribution in [0.25, 0.3) is 22.8 Å². The van der Waals surface area contributed by atoms with Crippen LogP contribution in [-0.4, -0.2) is 111 Å². The van der Waals surface area contributed by atoms with Gasteiger partial charge in [0.15, 0.2) is 5.76 Å². The second-order valence-corrected chi connectivity index (χ2v) is 15.1. The molecule has 55 heavy (non-hydrogen) atoms. The molecule has 290 valence electrons. The molecule has 0 aliphatic carbocycles. The third-order valence-electron chi connectivity index (χ3n) is 11.6. The molecule has 1 aromatic heterocycles. The van der Waals surface area contributed by atoms with E-state index < -0.39 is 12.1 Å². The van der Waals surface area contributed by atoms with Crippen molar-refractivity contribution in [3.05, 3.63) is 54.7 Å². The van der Waals surface area contributed by atoms with Gasteiger partial charge < -0.3 is 34.7 Å². The molecule has 4 aliphatic rings. The van der Waals surface area contributed by atoms with Crippen LogP contribution < -0.4 is 10.6 Å². The fourth-order valence-corrected chi connectivity index (χ4v) is 8.36. The molecule has 2 atom stereocenters. The van der Waals surface area contributed by atoms with Gasteiger partial charge in [-0.3, -0.25) is 28.8 Å². The number of benzene rings is 2. The predicted molar refractivity (Wildman–Crippen MR) is 204 cm³/mol. The van der Waals surface area contributed by atoms with E-state index in [2.05, 4.69) is 15.6 Å². The number of anilines is 2. The van der Waals surface area contributed by atoms with Crippen LogP contribution >= 0.6 is 0 Å². The number of hydrogen-bond donors (Lipinski definition) is 2. The highest BCUT2D eigenvalue weighted by Gasteiger charge is 2.40. The number of piperidine rings is 2. The summed E-state index contributed by atoms with van der Waals surface area (Å²) in [5.41, 5.74) is 2.71. The normalized spacial score (nSPS) is 20.8. The molecule has 3 aromatic rings. The Labute approximate surface area is 320 Å². The number of carbonyl (C=O) groups is 6. The van der Waals surface area contributed by atoms with Crippen molar-refractivity contribution in [1.82, 2.24) is 24.6 Å². The fraction of sp³-hybridized carbons (Fsp3) is 0.488. The Morgan fingerprint density at radius 2 is 1.00 bits per heavy atom. The number of nitrogens with one attached hydrogen (secondary N) is 2. The van der Waals surface area contributed by atoms with Crippen LogP contribution in [0, 0.1) is 11.8 Å². The zero-order valence-corrected chi connectivity index (χ0v) is 31.5. The third kappa shape index (κ3) is 8.42. The Bertz CT molecular complexity index is 1770. The minimum atomic E-state index is -0.526. The molecule has 0 bridgehead atoms. The average Bonchev–Trinajstić information content (AvgIpc) is 4.00. The molecule has 4 saturated heterocycles. The summed E-state index contributed by atoms with van der Waals surface area (Å²) in [4.78, 5) is 88.1. The van der Waals surface area contributed by atoms with Crippen LogP contribution in [0.4, 0.5) is 11.4 Å². The molecule has 14 nitrogen and oxygen atoms in total. The van der Waals surface area contributed by atoms with E-state index in [0.717, 1.165) is 24.0 Å². The van der Waals surface area contributed by atoms with E-state index in [9.17, 15) is 28.8 Å². The van der Waals surface area contributed by atoms with E-state index in [1.165, 1.54) is 0 Å². The first-order chi connectivity index (χ1) is 26.5. The van der Waals surface area contributed by atoms with Crippen molar-refractivity contribution < 1.29 is 33.2 Å². The lowest BCUT2D eigenvalue weighted by Crippen LogP contribution is -2.48. The van der Waals surface area contributed by atoms with Crippen LogP contribution in [-0.2, 0) is 28.8 Å². The zero-order valence-electron chi connectivity index (χ0n) is 31.5. The standard InChI is InChI=1S/C41H49N7O7/c1-26(49)45-21-15-30(16-22-45)40(53)47-19-3-5-34(47)37(51)43-32-11-7-28(8-12-32)36-25-42-39(55-36)29-9-13-33(14-10-29)44-38(52)35-6-4-20-48(35)41(54)31-17-23-46(24-18-31)27(2)50/h7-14,25,30-31,34-35H,3-6,15-24H2,1-2H3,(H,43,51)(H,44,52)/t34-,35-/m0/s1. The number of likely N-dealkylation sites (tertiary alicyclic amines) is 4. The Kier molecular flexibility index (Phi) is 11.3. The first-order valence-corrected chi connectivity index (χ1v) is 19.5. The molecule has 0 spiro atoms. The zero-order chi connectivity index (χ0) is 38.6. The second kappa shape index (κ2) is 16.5. The average molecular weight is 752 g/mol. The molecule has 7 rings (SSSR count). The number of amides is 6. The molecule has 2 N–H and O–H groups in total. The van der Waals surface area contributed by atoms with Crippen molar-refractivity contribution >= 4 is 46.8 Å². The third-order valence-corrected chi connectivity index (χ3v) is 11.6. The minimum Gasteiger partial charge on any atom is -0.436 e. The van der Waals surface area contributed by atoms with E-state index in [1.54, 1.807) is 63.9 Å². The maximum absolute atomic E-state index is 13.3.